The molecule has 18 heavy (non-hydrogen) atoms. The molecule has 2 rings (SSSR count). The molecule has 0 spiro atoms. The summed E-state index contributed by atoms with van der Waals surface area (Å²) in [5.74, 6) is 0.566. The second-order valence-corrected chi connectivity index (χ2v) is 6.34. The van der Waals surface area contributed by atoms with Crippen LogP contribution >= 0.6 is 0 Å². The summed E-state index contributed by atoms with van der Waals surface area (Å²) < 4.78 is 18.2. The van der Waals surface area contributed by atoms with E-state index in [0.717, 1.165) is 25.9 Å². The SMILES string of the molecule is CCOC1C[C@@]2(OCC(C)C)CCCC[C@@]2(C)O1. The van der Waals surface area contributed by atoms with Crippen LogP contribution in [0.25, 0.3) is 0 Å². The van der Waals surface area contributed by atoms with Gasteiger partial charge in [0, 0.05) is 19.6 Å². The molecule has 2 aliphatic rings. The molecule has 0 aromatic carbocycles. The highest BCUT2D eigenvalue weighted by Gasteiger charge is 2.59. The Morgan fingerprint density at radius 2 is 2.00 bits per heavy atom. The van der Waals surface area contributed by atoms with Gasteiger partial charge >= 0.3 is 0 Å². The average Bonchev–Trinajstić information content (AvgIpc) is 2.59. The standard InChI is InChI=1S/C15H28O3/c1-5-16-13-10-15(17-11-12(2)3)9-7-6-8-14(15,4)18-13/h12-13H,5-11H2,1-4H3/t13?,14-,15+/m1/s1. The van der Waals surface area contributed by atoms with Crippen molar-refractivity contribution in [2.24, 2.45) is 5.92 Å². The van der Waals surface area contributed by atoms with Crippen molar-refractivity contribution in [3.05, 3.63) is 0 Å². The molecule has 1 unspecified atom stereocenters. The maximum Gasteiger partial charge on any atom is 0.161 e. The third-order valence-corrected chi connectivity index (χ3v) is 4.38. The topological polar surface area (TPSA) is 27.7 Å². The van der Waals surface area contributed by atoms with E-state index in [9.17, 15) is 0 Å². The minimum Gasteiger partial charge on any atom is -0.372 e. The van der Waals surface area contributed by atoms with Crippen molar-refractivity contribution in [1.29, 1.82) is 0 Å². The molecule has 3 atom stereocenters. The second kappa shape index (κ2) is 5.48. The molecule has 2 fully saturated rings. The Morgan fingerprint density at radius 3 is 2.67 bits per heavy atom. The maximum absolute atomic E-state index is 6.33. The molecule has 0 aromatic rings. The fraction of sp³-hybridized carbons (Fsp3) is 1.00. The highest BCUT2D eigenvalue weighted by molar-refractivity contribution is 5.07. The number of hydrogen-bond acceptors (Lipinski definition) is 3. The smallest absolute Gasteiger partial charge is 0.161 e. The van der Waals surface area contributed by atoms with Gasteiger partial charge in [0.05, 0.1) is 5.60 Å². The summed E-state index contributed by atoms with van der Waals surface area (Å²) in [7, 11) is 0. The zero-order valence-corrected chi connectivity index (χ0v) is 12.3. The Labute approximate surface area is 111 Å². The third-order valence-electron chi connectivity index (χ3n) is 4.38. The van der Waals surface area contributed by atoms with Gasteiger partial charge in [0.15, 0.2) is 6.29 Å². The molecule has 3 nitrogen and oxygen atoms in total. The lowest BCUT2D eigenvalue weighted by Gasteiger charge is -2.45. The first-order chi connectivity index (χ1) is 8.51. The van der Waals surface area contributed by atoms with Crippen LogP contribution in [0.15, 0.2) is 0 Å². The van der Waals surface area contributed by atoms with Crippen LogP contribution < -0.4 is 0 Å². The van der Waals surface area contributed by atoms with Crippen LogP contribution in [0.2, 0.25) is 0 Å². The maximum atomic E-state index is 6.33. The molecular weight excluding hydrogens is 228 g/mol. The van der Waals surface area contributed by atoms with Crippen molar-refractivity contribution >= 4 is 0 Å². The van der Waals surface area contributed by atoms with E-state index in [4.69, 9.17) is 14.2 Å². The minimum atomic E-state index is -0.153. The van der Waals surface area contributed by atoms with Crippen LogP contribution in [-0.4, -0.2) is 30.7 Å². The molecule has 3 heteroatoms. The predicted octanol–water partition coefficient (Wildman–Crippen LogP) is 3.51. The van der Waals surface area contributed by atoms with Crippen LogP contribution in [0.4, 0.5) is 0 Å². The molecule has 106 valence electrons. The quantitative estimate of drug-likeness (QED) is 0.753. The van der Waals surface area contributed by atoms with E-state index in [-0.39, 0.29) is 17.5 Å². The molecule has 1 saturated carbocycles. The van der Waals surface area contributed by atoms with E-state index in [1.54, 1.807) is 0 Å². The summed E-state index contributed by atoms with van der Waals surface area (Å²) in [4.78, 5) is 0. The van der Waals surface area contributed by atoms with E-state index in [2.05, 4.69) is 20.8 Å². The number of ether oxygens (including phenoxy) is 3. The van der Waals surface area contributed by atoms with Gasteiger partial charge in [-0.25, -0.2) is 0 Å². The summed E-state index contributed by atoms with van der Waals surface area (Å²) in [5.41, 5.74) is -0.269. The van der Waals surface area contributed by atoms with E-state index < -0.39 is 0 Å². The van der Waals surface area contributed by atoms with Crippen LogP contribution in [0, 0.1) is 5.92 Å². The van der Waals surface area contributed by atoms with Gasteiger partial charge in [-0.1, -0.05) is 26.7 Å². The van der Waals surface area contributed by atoms with Crippen molar-refractivity contribution in [1.82, 2.24) is 0 Å². The van der Waals surface area contributed by atoms with Crippen molar-refractivity contribution < 1.29 is 14.2 Å². The van der Waals surface area contributed by atoms with Gasteiger partial charge in [-0.15, -0.1) is 0 Å². The lowest BCUT2D eigenvalue weighted by Crippen LogP contribution is -2.53. The molecule has 0 aromatic heterocycles. The molecule has 1 heterocycles. The van der Waals surface area contributed by atoms with Gasteiger partial charge in [-0.2, -0.15) is 0 Å². The molecule has 0 amide bonds. The van der Waals surface area contributed by atoms with Crippen LogP contribution in [0.3, 0.4) is 0 Å². The van der Waals surface area contributed by atoms with Crippen molar-refractivity contribution in [3.63, 3.8) is 0 Å². The first-order valence-corrected chi connectivity index (χ1v) is 7.45. The molecule has 1 aliphatic carbocycles. The summed E-state index contributed by atoms with van der Waals surface area (Å²) in [5, 5.41) is 0. The summed E-state index contributed by atoms with van der Waals surface area (Å²) in [6.45, 7) is 10.2. The average molecular weight is 256 g/mol. The van der Waals surface area contributed by atoms with Crippen molar-refractivity contribution in [2.45, 2.75) is 77.3 Å². The normalized spacial score (nSPS) is 40.2. The predicted molar refractivity (Wildman–Crippen MR) is 71.5 cm³/mol. The Balaban J connectivity index is 2.11. The second-order valence-electron chi connectivity index (χ2n) is 6.34. The molecule has 0 bridgehead atoms. The Hall–Kier alpha value is -0.120. The summed E-state index contributed by atoms with van der Waals surface area (Å²) in [6.07, 6.45) is 5.50. The summed E-state index contributed by atoms with van der Waals surface area (Å²) >= 11 is 0. The zero-order chi connectivity index (χ0) is 13.2. The highest BCUT2D eigenvalue weighted by Crippen LogP contribution is 2.51. The third kappa shape index (κ3) is 2.59. The lowest BCUT2D eigenvalue weighted by atomic mass is 9.72. The van der Waals surface area contributed by atoms with Gasteiger partial charge in [-0.05, 0) is 32.6 Å². The minimum absolute atomic E-state index is 0.0785. The van der Waals surface area contributed by atoms with E-state index in [1.165, 1.54) is 12.8 Å². The zero-order valence-electron chi connectivity index (χ0n) is 12.3. The van der Waals surface area contributed by atoms with Gasteiger partial charge in [0.25, 0.3) is 0 Å². The number of hydrogen-bond donors (Lipinski definition) is 0. The van der Waals surface area contributed by atoms with Gasteiger partial charge < -0.3 is 14.2 Å². The number of rotatable bonds is 5. The van der Waals surface area contributed by atoms with Gasteiger partial charge in [-0.3, -0.25) is 0 Å². The van der Waals surface area contributed by atoms with Gasteiger partial charge in [0.1, 0.15) is 5.60 Å². The molecular formula is C15H28O3. The molecule has 1 aliphatic heterocycles. The summed E-state index contributed by atoms with van der Waals surface area (Å²) in [6, 6.07) is 0. The largest absolute Gasteiger partial charge is 0.372 e. The Morgan fingerprint density at radius 1 is 1.28 bits per heavy atom. The van der Waals surface area contributed by atoms with Crippen molar-refractivity contribution in [3.8, 4) is 0 Å². The highest BCUT2D eigenvalue weighted by atomic mass is 16.7. The first-order valence-electron chi connectivity index (χ1n) is 7.45. The monoisotopic (exact) mass is 256 g/mol. The van der Waals surface area contributed by atoms with Crippen LogP contribution in [-0.2, 0) is 14.2 Å². The fourth-order valence-corrected chi connectivity index (χ4v) is 3.34. The number of fused-ring (bicyclic) bond motifs is 1. The Kier molecular flexibility index (Phi) is 4.35. The Bertz CT molecular complexity index is 279. The van der Waals surface area contributed by atoms with E-state index in [0.29, 0.717) is 12.5 Å². The van der Waals surface area contributed by atoms with E-state index in [1.807, 2.05) is 6.92 Å². The lowest BCUT2D eigenvalue weighted by molar-refractivity contribution is -0.204. The molecule has 1 saturated heterocycles. The van der Waals surface area contributed by atoms with Crippen LogP contribution in [0.1, 0.15) is 59.8 Å². The van der Waals surface area contributed by atoms with E-state index >= 15 is 0 Å². The van der Waals surface area contributed by atoms with Gasteiger partial charge in [0.2, 0.25) is 0 Å². The first kappa shape index (κ1) is 14.3. The molecule has 0 N–H and O–H groups in total. The molecule has 0 radical (unpaired) electrons. The van der Waals surface area contributed by atoms with Crippen molar-refractivity contribution in [2.75, 3.05) is 13.2 Å². The van der Waals surface area contributed by atoms with Crippen LogP contribution in [0.5, 0.6) is 0 Å². The fourth-order valence-electron chi connectivity index (χ4n) is 3.34.